The van der Waals surface area contributed by atoms with Gasteiger partial charge in [0.15, 0.2) is 5.82 Å². The lowest BCUT2D eigenvalue weighted by Gasteiger charge is -2.23. The van der Waals surface area contributed by atoms with E-state index in [0.717, 1.165) is 54.4 Å². The third-order valence-electron chi connectivity index (χ3n) is 5.31. The maximum Gasteiger partial charge on any atom is 0.226 e. The van der Waals surface area contributed by atoms with Gasteiger partial charge in [-0.3, -0.25) is 4.79 Å². The molecule has 1 atom stereocenters. The maximum atomic E-state index is 12.5. The molecule has 0 saturated carbocycles. The summed E-state index contributed by atoms with van der Waals surface area (Å²) in [4.78, 5) is 12.5. The summed E-state index contributed by atoms with van der Waals surface area (Å²) in [6.07, 6.45) is 4.95. The van der Waals surface area contributed by atoms with E-state index >= 15 is 0 Å². The molecule has 160 valence electrons. The molecule has 2 N–H and O–H groups in total. The molecule has 1 saturated heterocycles. The first-order valence-electron chi connectivity index (χ1n) is 9.85. The predicted molar refractivity (Wildman–Crippen MR) is 118 cm³/mol. The van der Waals surface area contributed by atoms with Gasteiger partial charge in [-0.05, 0) is 31.4 Å². The first-order chi connectivity index (χ1) is 13.2. The molecule has 7 nitrogen and oxygen atoms in total. The third kappa shape index (κ3) is 5.69. The Labute approximate surface area is 183 Å². The van der Waals surface area contributed by atoms with Crippen LogP contribution in [0.5, 0.6) is 0 Å². The molecule has 0 aliphatic carbocycles. The molecule has 0 spiro atoms. The molecular weight excluding hydrogens is 413 g/mol. The number of morpholine rings is 1. The zero-order valence-corrected chi connectivity index (χ0v) is 18.3. The number of rotatable bonds is 4. The molecule has 2 aromatic rings. The van der Waals surface area contributed by atoms with E-state index in [9.17, 15) is 4.79 Å². The van der Waals surface area contributed by atoms with Gasteiger partial charge in [-0.1, -0.05) is 18.6 Å². The maximum absolute atomic E-state index is 12.5. The Hall–Kier alpha value is -1.67. The second-order valence-electron chi connectivity index (χ2n) is 7.41. The Kier molecular flexibility index (Phi) is 8.89. The summed E-state index contributed by atoms with van der Waals surface area (Å²) < 4.78 is 7.66. The highest BCUT2D eigenvalue weighted by Crippen LogP contribution is 2.27. The van der Waals surface area contributed by atoms with Crippen molar-refractivity contribution in [2.24, 2.45) is 0 Å². The molecule has 0 radical (unpaired) electrons. The molecule has 1 aromatic carbocycles. The fraction of sp³-hybridized carbons (Fsp3) is 0.550. The quantitative estimate of drug-likeness (QED) is 0.761. The summed E-state index contributed by atoms with van der Waals surface area (Å²) in [5, 5.41) is 15.2. The molecular formula is C20H29Cl2N5O2. The second-order valence-corrected chi connectivity index (χ2v) is 7.41. The van der Waals surface area contributed by atoms with Gasteiger partial charge >= 0.3 is 0 Å². The molecule has 1 aromatic heterocycles. The van der Waals surface area contributed by atoms with Crippen molar-refractivity contribution in [1.82, 2.24) is 20.1 Å². The van der Waals surface area contributed by atoms with Crippen molar-refractivity contribution in [2.75, 3.05) is 25.1 Å². The lowest BCUT2D eigenvalue weighted by Crippen LogP contribution is -2.43. The average Bonchev–Trinajstić information content (AvgIpc) is 2.92. The van der Waals surface area contributed by atoms with Gasteiger partial charge in [0.2, 0.25) is 5.91 Å². The van der Waals surface area contributed by atoms with Gasteiger partial charge in [0.1, 0.15) is 5.82 Å². The van der Waals surface area contributed by atoms with Crippen LogP contribution in [0.2, 0.25) is 0 Å². The summed E-state index contributed by atoms with van der Waals surface area (Å²) >= 11 is 0. The molecule has 1 fully saturated rings. The van der Waals surface area contributed by atoms with Crippen molar-refractivity contribution < 1.29 is 9.53 Å². The summed E-state index contributed by atoms with van der Waals surface area (Å²) in [5.41, 5.74) is 2.87. The van der Waals surface area contributed by atoms with Crippen LogP contribution >= 0.6 is 24.8 Å². The smallest absolute Gasteiger partial charge is 0.226 e. The summed E-state index contributed by atoms with van der Waals surface area (Å²) in [5.74, 6) is 1.96. The van der Waals surface area contributed by atoms with E-state index in [1.165, 1.54) is 12.8 Å². The number of halogens is 2. The molecule has 3 heterocycles. The first-order valence-corrected chi connectivity index (χ1v) is 9.85. The van der Waals surface area contributed by atoms with Crippen molar-refractivity contribution in [3.05, 3.63) is 29.6 Å². The van der Waals surface area contributed by atoms with E-state index < -0.39 is 0 Å². The average molecular weight is 442 g/mol. The number of amides is 1. The summed E-state index contributed by atoms with van der Waals surface area (Å²) in [6, 6.07) is 6.18. The highest BCUT2D eigenvalue weighted by molar-refractivity contribution is 5.92. The topological polar surface area (TPSA) is 81.1 Å². The number of aromatic nitrogens is 3. The number of hydrogen-bond acceptors (Lipinski definition) is 5. The lowest BCUT2D eigenvalue weighted by molar-refractivity contribution is -0.117. The number of aryl methyl sites for hydroxylation is 2. The Balaban J connectivity index is 0.00000150. The minimum Gasteiger partial charge on any atom is -0.378 e. The van der Waals surface area contributed by atoms with Crippen LogP contribution in [0.25, 0.3) is 11.4 Å². The summed E-state index contributed by atoms with van der Waals surface area (Å²) in [7, 11) is 0. The van der Waals surface area contributed by atoms with Gasteiger partial charge < -0.3 is 19.9 Å². The lowest BCUT2D eigenvalue weighted by atomic mass is 10.1. The number of hydrogen-bond donors (Lipinski definition) is 2. The van der Waals surface area contributed by atoms with Crippen LogP contribution in [0.3, 0.4) is 0 Å². The molecule has 9 heteroatoms. The van der Waals surface area contributed by atoms with E-state index in [0.29, 0.717) is 19.6 Å². The van der Waals surface area contributed by atoms with Crippen LogP contribution in [0.15, 0.2) is 18.2 Å². The van der Waals surface area contributed by atoms with Gasteiger partial charge in [0, 0.05) is 43.2 Å². The minimum atomic E-state index is -0.00155. The van der Waals surface area contributed by atoms with Crippen molar-refractivity contribution in [3.8, 4) is 11.4 Å². The van der Waals surface area contributed by atoms with E-state index in [-0.39, 0.29) is 36.8 Å². The molecule has 0 bridgehead atoms. The first kappa shape index (κ1) is 23.6. The number of carbonyl (C=O) groups is 1. The Morgan fingerprint density at radius 2 is 2.14 bits per heavy atom. The minimum absolute atomic E-state index is 0. The zero-order chi connectivity index (χ0) is 18.6. The van der Waals surface area contributed by atoms with Crippen molar-refractivity contribution in [3.63, 3.8) is 0 Å². The van der Waals surface area contributed by atoms with E-state index in [4.69, 9.17) is 4.74 Å². The van der Waals surface area contributed by atoms with Crippen molar-refractivity contribution in [2.45, 2.75) is 51.6 Å². The number of anilines is 1. The molecule has 29 heavy (non-hydrogen) atoms. The number of nitrogens with zero attached hydrogens (tertiary/aromatic N) is 3. The Morgan fingerprint density at radius 3 is 2.93 bits per heavy atom. The Morgan fingerprint density at radius 1 is 1.28 bits per heavy atom. The van der Waals surface area contributed by atoms with Gasteiger partial charge in [-0.15, -0.1) is 35.0 Å². The standard InChI is InChI=1S/C20H27N5O2.2ClH/c1-14-6-7-15(20-24-23-18-5-3-2-4-9-25(18)20)11-17(14)22-19(26)12-16-13-27-10-8-21-16;;/h6-7,11,16,21H,2-5,8-10,12-13H2,1H3,(H,22,26);2*1H. The van der Waals surface area contributed by atoms with Gasteiger partial charge in [-0.25, -0.2) is 0 Å². The number of nitrogens with one attached hydrogen (secondary N) is 2. The summed E-state index contributed by atoms with van der Waals surface area (Å²) in [6.45, 7) is 5.05. The molecule has 2 aliphatic heterocycles. The second kappa shape index (κ2) is 10.9. The van der Waals surface area contributed by atoms with Gasteiger partial charge in [0.05, 0.1) is 13.2 Å². The fourth-order valence-electron chi connectivity index (χ4n) is 3.77. The Bertz CT molecular complexity index is 821. The van der Waals surface area contributed by atoms with Gasteiger partial charge in [0.25, 0.3) is 0 Å². The molecule has 2 aliphatic rings. The van der Waals surface area contributed by atoms with Crippen molar-refractivity contribution >= 4 is 36.4 Å². The van der Waals surface area contributed by atoms with Crippen LogP contribution < -0.4 is 10.6 Å². The normalized spacial score (nSPS) is 18.6. The fourth-order valence-corrected chi connectivity index (χ4v) is 3.77. The van der Waals surface area contributed by atoms with E-state index in [2.05, 4.69) is 31.5 Å². The largest absolute Gasteiger partial charge is 0.378 e. The van der Waals surface area contributed by atoms with E-state index in [1.807, 2.05) is 19.1 Å². The SMILES string of the molecule is Cc1ccc(-c2nnc3n2CCCCC3)cc1NC(=O)CC1COCCN1.Cl.Cl. The monoisotopic (exact) mass is 441 g/mol. The van der Waals surface area contributed by atoms with Crippen LogP contribution in [0.4, 0.5) is 5.69 Å². The van der Waals surface area contributed by atoms with Crippen LogP contribution in [-0.4, -0.2) is 46.5 Å². The number of benzene rings is 1. The zero-order valence-electron chi connectivity index (χ0n) is 16.6. The highest BCUT2D eigenvalue weighted by atomic mass is 35.5. The highest BCUT2D eigenvalue weighted by Gasteiger charge is 2.19. The van der Waals surface area contributed by atoms with E-state index in [1.54, 1.807) is 0 Å². The van der Waals surface area contributed by atoms with Crippen LogP contribution in [0.1, 0.15) is 37.1 Å². The van der Waals surface area contributed by atoms with Crippen LogP contribution in [0, 0.1) is 6.92 Å². The third-order valence-corrected chi connectivity index (χ3v) is 5.31. The van der Waals surface area contributed by atoms with Gasteiger partial charge in [-0.2, -0.15) is 0 Å². The molecule has 1 unspecified atom stereocenters. The predicted octanol–water partition coefficient (Wildman–Crippen LogP) is 3.14. The number of ether oxygens (including phenoxy) is 1. The number of fused-ring (bicyclic) bond motifs is 1. The van der Waals surface area contributed by atoms with Crippen LogP contribution in [-0.2, 0) is 22.5 Å². The molecule has 4 rings (SSSR count). The molecule has 1 amide bonds. The van der Waals surface area contributed by atoms with Crippen molar-refractivity contribution in [1.29, 1.82) is 0 Å². The number of carbonyl (C=O) groups excluding carboxylic acids is 1.